The van der Waals surface area contributed by atoms with Crippen molar-refractivity contribution >= 4 is 34.2 Å². The summed E-state index contributed by atoms with van der Waals surface area (Å²) in [6.07, 6.45) is 0. The molecule has 0 fully saturated rings. The molecule has 3 heteroatoms. The minimum Gasteiger partial charge on any atom is -0.322 e. The summed E-state index contributed by atoms with van der Waals surface area (Å²) in [5, 5.41) is 2.94. The molecule has 18 heavy (non-hydrogen) atoms. The van der Waals surface area contributed by atoms with Gasteiger partial charge in [0.1, 0.15) is 0 Å². The quantitative estimate of drug-likeness (QED) is 0.809. The Hall–Kier alpha value is -1.36. The van der Waals surface area contributed by atoms with Crippen molar-refractivity contribution in [1.29, 1.82) is 0 Å². The molecule has 0 heterocycles. The van der Waals surface area contributed by atoms with Crippen LogP contribution in [0.4, 0.5) is 5.69 Å². The van der Waals surface area contributed by atoms with E-state index in [9.17, 15) is 4.79 Å². The molecular formula is C15H14INO. The van der Waals surface area contributed by atoms with E-state index < -0.39 is 0 Å². The average Bonchev–Trinajstić information content (AvgIpc) is 2.32. The van der Waals surface area contributed by atoms with Gasteiger partial charge in [0, 0.05) is 14.8 Å². The van der Waals surface area contributed by atoms with Crippen LogP contribution in [0.2, 0.25) is 0 Å². The lowest BCUT2D eigenvalue weighted by molar-refractivity contribution is 0.102. The summed E-state index contributed by atoms with van der Waals surface area (Å²) in [7, 11) is 0. The number of nitrogens with one attached hydrogen (secondary N) is 1. The molecule has 0 aliphatic rings. The number of carbonyl (C=O) groups is 1. The van der Waals surface area contributed by atoms with Crippen molar-refractivity contribution in [3.05, 3.63) is 62.7 Å². The van der Waals surface area contributed by atoms with Crippen LogP contribution in [-0.4, -0.2) is 5.91 Å². The minimum atomic E-state index is -0.0667. The molecule has 0 aliphatic carbocycles. The molecule has 2 rings (SSSR count). The summed E-state index contributed by atoms with van der Waals surface area (Å²) in [6.45, 7) is 3.97. The molecule has 2 aromatic carbocycles. The van der Waals surface area contributed by atoms with E-state index in [2.05, 4.69) is 27.9 Å². The van der Waals surface area contributed by atoms with Crippen molar-refractivity contribution in [1.82, 2.24) is 0 Å². The van der Waals surface area contributed by atoms with E-state index in [-0.39, 0.29) is 5.91 Å². The maximum Gasteiger partial charge on any atom is 0.255 e. The number of hydrogen-bond acceptors (Lipinski definition) is 1. The Labute approximate surface area is 121 Å². The largest absolute Gasteiger partial charge is 0.322 e. The van der Waals surface area contributed by atoms with E-state index in [1.54, 1.807) is 0 Å². The van der Waals surface area contributed by atoms with Crippen LogP contribution in [0.5, 0.6) is 0 Å². The Morgan fingerprint density at radius 2 is 1.89 bits per heavy atom. The van der Waals surface area contributed by atoms with Gasteiger partial charge in [-0.1, -0.05) is 17.7 Å². The minimum absolute atomic E-state index is 0.0667. The second-order valence-corrected chi connectivity index (χ2v) is 5.53. The monoisotopic (exact) mass is 351 g/mol. The number of anilines is 1. The molecule has 2 aromatic rings. The fourth-order valence-corrected chi connectivity index (χ4v) is 2.40. The molecule has 92 valence electrons. The Bertz CT molecular complexity index is 593. The van der Waals surface area contributed by atoms with Gasteiger partial charge in [-0.15, -0.1) is 0 Å². The van der Waals surface area contributed by atoms with Crippen LogP contribution >= 0.6 is 22.6 Å². The van der Waals surface area contributed by atoms with Gasteiger partial charge in [0.25, 0.3) is 5.91 Å². The Morgan fingerprint density at radius 1 is 1.11 bits per heavy atom. The molecule has 2 nitrogen and oxygen atoms in total. The first-order chi connectivity index (χ1) is 8.56. The highest BCUT2D eigenvalue weighted by atomic mass is 127. The van der Waals surface area contributed by atoms with Crippen molar-refractivity contribution in [3.8, 4) is 0 Å². The molecule has 0 aliphatic heterocycles. The fraction of sp³-hybridized carbons (Fsp3) is 0.133. The maximum atomic E-state index is 12.1. The average molecular weight is 351 g/mol. The van der Waals surface area contributed by atoms with Gasteiger partial charge in [0.2, 0.25) is 0 Å². The zero-order chi connectivity index (χ0) is 13.1. The second-order valence-electron chi connectivity index (χ2n) is 4.28. The van der Waals surface area contributed by atoms with Crippen molar-refractivity contribution in [2.24, 2.45) is 0 Å². The molecule has 0 spiro atoms. The summed E-state index contributed by atoms with van der Waals surface area (Å²) >= 11 is 2.26. The molecule has 1 amide bonds. The maximum absolute atomic E-state index is 12.1. The molecule has 0 aromatic heterocycles. The normalized spacial score (nSPS) is 10.2. The van der Waals surface area contributed by atoms with Gasteiger partial charge in [0.05, 0.1) is 0 Å². The second kappa shape index (κ2) is 5.52. The first-order valence-corrected chi connectivity index (χ1v) is 6.78. The van der Waals surface area contributed by atoms with Crippen molar-refractivity contribution in [2.45, 2.75) is 13.8 Å². The van der Waals surface area contributed by atoms with Gasteiger partial charge in [-0.05, 0) is 72.3 Å². The highest BCUT2D eigenvalue weighted by Gasteiger charge is 2.07. The van der Waals surface area contributed by atoms with Crippen LogP contribution in [0.25, 0.3) is 0 Å². The SMILES string of the molecule is Cc1cccc(C(=O)Nc2ccc(I)cc2C)c1. The van der Waals surface area contributed by atoms with Crippen LogP contribution < -0.4 is 5.32 Å². The molecule has 0 saturated carbocycles. The van der Waals surface area contributed by atoms with E-state index in [0.717, 1.165) is 16.8 Å². The fourth-order valence-electron chi connectivity index (χ4n) is 1.75. The van der Waals surface area contributed by atoms with E-state index in [1.807, 2.05) is 56.3 Å². The molecule has 0 saturated heterocycles. The van der Waals surface area contributed by atoms with Gasteiger partial charge < -0.3 is 5.32 Å². The standard InChI is InChI=1S/C15H14INO/c1-10-4-3-5-12(8-10)15(18)17-14-7-6-13(16)9-11(14)2/h3-9H,1-2H3,(H,17,18). The van der Waals surface area contributed by atoms with Gasteiger partial charge in [0.15, 0.2) is 0 Å². The van der Waals surface area contributed by atoms with Crippen LogP contribution in [0, 0.1) is 17.4 Å². The van der Waals surface area contributed by atoms with E-state index in [0.29, 0.717) is 5.56 Å². The molecule has 0 radical (unpaired) electrons. The van der Waals surface area contributed by atoms with Crippen LogP contribution in [0.1, 0.15) is 21.5 Å². The summed E-state index contributed by atoms with van der Waals surface area (Å²) in [4.78, 5) is 12.1. The topological polar surface area (TPSA) is 29.1 Å². The Morgan fingerprint density at radius 3 is 2.56 bits per heavy atom. The predicted octanol–water partition coefficient (Wildman–Crippen LogP) is 4.16. The molecular weight excluding hydrogens is 337 g/mol. The number of rotatable bonds is 2. The van der Waals surface area contributed by atoms with Gasteiger partial charge in [-0.2, -0.15) is 0 Å². The number of hydrogen-bond donors (Lipinski definition) is 1. The highest BCUT2D eigenvalue weighted by molar-refractivity contribution is 14.1. The van der Waals surface area contributed by atoms with Gasteiger partial charge in [-0.3, -0.25) is 4.79 Å². The molecule has 0 unspecified atom stereocenters. The Kier molecular flexibility index (Phi) is 4.01. The van der Waals surface area contributed by atoms with Crippen LogP contribution in [0.3, 0.4) is 0 Å². The first kappa shape index (κ1) is 13.1. The lowest BCUT2D eigenvalue weighted by Crippen LogP contribution is -2.12. The third-order valence-corrected chi connectivity index (χ3v) is 3.39. The number of carbonyl (C=O) groups excluding carboxylic acids is 1. The summed E-state index contributed by atoms with van der Waals surface area (Å²) in [5.74, 6) is -0.0667. The number of aryl methyl sites for hydroxylation is 2. The zero-order valence-electron chi connectivity index (χ0n) is 10.3. The smallest absolute Gasteiger partial charge is 0.255 e. The molecule has 1 N–H and O–H groups in total. The Balaban J connectivity index is 2.21. The highest BCUT2D eigenvalue weighted by Crippen LogP contribution is 2.18. The van der Waals surface area contributed by atoms with E-state index >= 15 is 0 Å². The number of benzene rings is 2. The predicted molar refractivity (Wildman–Crippen MR) is 83.0 cm³/mol. The van der Waals surface area contributed by atoms with Gasteiger partial charge >= 0.3 is 0 Å². The molecule has 0 bridgehead atoms. The zero-order valence-corrected chi connectivity index (χ0v) is 12.5. The van der Waals surface area contributed by atoms with Crippen LogP contribution in [-0.2, 0) is 0 Å². The number of amides is 1. The summed E-state index contributed by atoms with van der Waals surface area (Å²) in [6, 6.07) is 13.6. The van der Waals surface area contributed by atoms with Crippen molar-refractivity contribution < 1.29 is 4.79 Å². The summed E-state index contributed by atoms with van der Waals surface area (Å²) in [5.41, 5.74) is 3.71. The summed E-state index contributed by atoms with van der Waals surface area (Å²) < 4.78 is 1.17. The van der Waals surface area contributed by atoms with Crippen molar-refractivity contribution in [3.63, 3.8) is 0 Å². The molecule has 0 atom stereocenters. The lowest BCUT2D eigenvalue weighted by Gasteiger charge is -2.09. The van der Waals surface area contributed by atoms with E-state index in [4.69, 9.17) is 0 Å². The first-order valence-electron chi connectivity index (χ1n) is 5.70. The van der Waals surface area contributed by atoms with E-state index in [1.165, 1.54) is 3.57 Å². The third-order valence-electron chi connectivity index (χ3n) is 2.72. The van der Waals surface area contributed by atoms with Crippen molar-refractivity contribution in [2.75, 3.05) is 5.32 Å². The van der Waals surface area contributed by atoms with Crippen LogP contribution in [0.15, 0.2) is 42.5 Å². The number of halogens is 1. The van der Waals surface area contributed by atoms with Gasteiger partial charge in [-0.25, -0.2) is 0 Å². The lowest BCUT2D eigenvalue weighted by atomic mass is 10.1. The third kappa shape index (κ3) is 3.10.